The fourth-order valence-corrected chi connectivity index (χ4v) is 2.28. The molecule has 0 saturated carbocycles. The number of para-hydroxylation sites is 1. The van der Waals surface area contributed by atoms with Gasteiger partial charge in [0.2, 0.25) is 0 Å². The lowest BCUT2D eigenvalue weighted by Gasteiger charge is -2.10. The number of rotatable bonds is 3. The summed E-state index contributed by atoms with van der Waals surface area (Å²) >= 11 is 0. The number of nitrogens with zero attached hydrogens (tertiary/aromatic N) is 2. The van der Waals surface area contributed by atoms with Crippen LogP contribution in [0.25, 0.3) is 0 Å². The van der Waals surface area contributed by atoms with Crippen molar-refractivity contribution >= 4 is 29.1 Å². The normalized spacial score (nSPS) is 13.7. The first-order valence-electron chi connectivity index (χ1n) is 7.08. The van der Waals surface area contributed by atoms with Gasteiger partial charge >= 0.3 is 6.09 Å². The third-order valence-electron chi connectivity index (χ3n) is 3.43. The maximum atomic E-state index is 12.1. The number of carbonyl (C=O) groups excluding carboxylic acids is 2. The van der Waals surface area contributed by atoms with Crippen LogP contribution < -0.4 is 10.3 Å². The average molecular weight is 309 g/mol. The van der Waals surface area contributed by atoms with Crippen molar-refractivity contribution in [1.82, 2.24) is 0 Å². The van der Waals surface area contributed by atoms with Gasteiger partial charge in [-0.05, 0) is 29.8 Å². The van der Waals surface area contributed by atoms with Crippen molar-refractivity contribution in [2.45, 2.75) is 6.42 Å². The summed E-state index contributed by atoms with van der Waals surface area (Å²) in [5.74, 6) is -0.0667. The average Bonchev–Trinajstić information content (AvgIpc) is 2.98. The van der Waals surface area contributed by atoms with E-state index in [4.69, 9.17) is 0 Å². The quantitative estimate of drug-likeness (QED) is 0.947. The fraction of sp³-hybridized carbons (Fsp3) is 0.118. The summed E-state index contributed by atoms with van der Waals surface area (Å²) in [6, 6.07) is 16.4. The summed E-state index contributed by atoms with van der Waals surface area (Å²) in [5, 5.41) is 8.39. The van der Waals surface area contributed by atoms with Gasteiger partial charge in [-0.1, -0.05) is 30.3 Å². The Morgan fingerprint density at radius 1 is 1.13 bits per heavy atom. The van der Waals surface area contributed by atoms with Crippen molar-refractivity contribution in [3.8, 4) is 0 Å². The number of ether oxygens (including phenoxy) is 1. The molecule has 23 heavy (non-hydrogen) atoms. The molecule has 0 fully saturated rings. The van der Waals surface area contributed by atoms with Gasteiger partial charge in [0.25, 0.3) is 5.91 Å². The molecular weight excluding hydrogens is 294 g/mol. The first-order valence-corrected chi connectivity index (χ1v) is 7.08. The monoisotopic (exact) mass is 309 g/mol. The van der Waals surface area contributed by atoms with Gasteiger partial charge < -0.3 is 4.74 Å². The summed E-state index contributed by atoms with van der Waals surface area (Å²) in [6.07, 6.45) is -0.278. The summed E-state index contributed by atoms with van der Waals surface area (Å²) in [7, 11) is 1.31. The maximum Gasteiger partial charge on any atom is 0.411 e. The van der Waals surface area contributed by atoms with Crippen molar-refractivity contribution < 1.29 is 14.3 Å². The molecule has 0 atom stereocenters. The van der Waals surface area contributed by atoms with Crippen LogP contribution in [-0.2, 0) is 9.53 Å². The van der Waals surface area contributed by atoms with Crippen LogP contribution in [0.2, 0.25) is 0 Å². The molecule has 1 aliphatic heterocycles. The van der Waals surface area contributed by atoms with Crippen molar-refractivity contribution in [1.29, 1.82) is 0 Å². The minimum absolute atomic E-state index is 0.0667. The van der Waals surface area contributed by atoms with Gasteiger partial charge in [-0.15, -0.1) is 0 Å². The molecule has 0 spiro atoms. The Kier molecular flexibility index (Phi) is 4.05. The summed E-state index contributed by atoms with van der Waals surface area (Å²) < 4.78 is 4.54. The first-order chi connectivity index (χ1) is 11.2. The van der Waals surface area contributed by atoms with E-state index in [0.29, 0.717) is 11.4 Å². The molecule has 0 aliphatic carbocycles. The molecule has 6 heteroatoms. The topological polar surface area (TPSA) is 71.0 Å². The zero-order valence-electron chi connectivity index (χ0n) is 12.5. The lowest BCUT2D eigenvalue weighted by atomic mass is 10.1. The molecular formula is C17H15N3O3. The van der Waals surface area contributed by atoms with E-state index in [2.05, 4.69) is 15.2 Å². The third-order valence-corrected chi connectivity index (χ3v) is 3.43. The number of anilines is 2. The first kappa shape index (κ1) is 14.8. The highest BCUT2D eigenvalue weighted by Gasteiger charge is 2.25. The summed E-state index contributed by atoms with van der Waals surface area (Å²) in [5.41, 5.74) is 2.90. The van der Waals surface area contributed by atoms with Crippen LogP contribution >= 0.6 is 0 Å². The Morgan fingerprint density at radius 3 is 2.48 bits per heavy atom. The number of hydrazone groups is 1. The molecule has 116 valence electrons. The zero-order chi connectivity index (χ0) is 16.2. The molecule has 2 aromatic carbocycles. The highest BCUT2D eigenvalue weighted by atomic mass is 16.5. The predicted octanol–water partition coefficient (Wildman–Crippen LogP) is 3.01. The van der Waals surface area contributed by atoms with E-state index < -0.39 is 6.09 Å². The van der Waals surface area contributed by atoms with E-state index in [9.17, 15) is 9.59 Å². The van der Waals surface area contributed by atoms with Crippen LogP contribution in [0, 0.1) is 0 Å². The van der Waals surface area contributed by atoms with Crippen LogP contribution in [0.3, 0.4) is 0 Å². The molecule has 3 rings (SSSR count). The second-order valence-corrected chi connectivity index (χ2v) is 4.96. The second-order valence-electron chi connectivity index (χ2n) is 4.96. The van der Waals surface area contributed by atoms with E-state index in [-0.39, 0.29) is 12.3 Å². The number of amides is 2. The SMILES string of the molecule is COC(=O)Nc1ccc(C2=NN(c3ccccc3)C(=O)C2)cc1. The van der Waals surface area contributed by atoms with Crippen LogP contribution in [0.1, 0.15) is 12.0 Å². The molecule has 2 aromatic rings. The van der Waals surface area contributed by atoms with Gasteiger partial charge in [-0.2, -0.15) is 5.10 Å². The molecule has 1 aliphatic rings. The highest BCUT2D eigenvalue weighted by molar-refractivity contribution is 6.19. The molecule has 0 radical (unpaired) electrons. The van der Waals surface area contributed by atoms with Gasteiger partial charge in [0.05, 0.1) is 24.9 Å². The number of methoxy groups -OCH3 is 1. The molecule has 6 nitrogen and oxygen atoms in total. The van der Waals surface area contributed by atoms with Crippen LogP contribution in [0.5, 0.6) is 0 Å². The molecule has 1 N–H and O–H groups in total. The van der Waals surface area contributed by atoms with Crippen molar-refractivity contribution in [2.24, 2.45) is 5.10 Å². The Morgan fingerprint density at radius 2 is 1.83 bits per heavy atom. The van der Waals surface area contributed by atoms with Crippen molar-refractivity contribution in [3.63, 3.8) is 0 Å². The molecule has 0 unspecified atom stereocenters. The number of benzene rings is 2. The lowest BCUT2D eigenvalue weighted by Crippen LogP contribution is -2.19. The Balaban J connectivity index is 1.79. The maximum absolute atomic E-state index is 12.1. The Hall–Kier alpha value is -3.15. The van der Waals surface area contributed by atoms with E-state index >= 15 is 0 Å². The Labute approximate surface area is 133 Å². The smallest absolute Gasteiger partial charge is 0.411 e. The largest absolute Gasteiger partial charge is 0.453 e. The predicted molar refractivity (Wildman–Crippen MR) is 87.6 cm³/mol. The minimum atomic E-state index is -0.526. The Bertz CT molecular complexity index is 754. The van der Waals surface area contributed by atoms with Crippen LogP contribution in [0.4, 0.5) is 16.2 Å². The van der Waals surface area contributed by atoms with E-state index in [1.54, 1.807) is 12.1 Å². The summed E-state index contributed by atoms with van der Waals surface area (Å²) in [4.78, 5) is 23.3. The van der Waals surface area contributed by atoms with Crippen molar-refractivity contribution in [2.75, 3.05) is 17.4 Å². The third kappa shape index (κ3) is 3.21. The molecule has 0 saturated heterocycles. The fourth-order valence-electron chi connectivity index (χ4n) is 2.28. The van der Waals surface area contributed by atoms with Crippen LogP contribution in [-0.4, -0.2) is 24.8 Å². The molecule has 1 heterocycles. The molecule has 0 aromatic heterocycles. The molecule has 0 bridgehead atoms. The van der Waals surface area contributed by atoms with Gasteiger partial charge in [-0.25, -0.2) is 9.80 Å². The highest BCUT2D eigenvalue weighted by Crippen LogP contribution is 2.23. The van der Waals surface area contributed by atoms with Gasteiger partial charge in [-0.3, -0.25) is 10.1 Å². The number of carbonyl (C=O) groups is 2. The van der Waals surface area contributed by atoms with E-state index in [1.165, 1.54) is 12.1 Å². The van der Waals surface area contributed by atoms with Crippen LogP contribution in [0.15, 0.2) is 59.7 Å². The minimum Gasteiger partial charge on any atom is -0.453 e. The lowest BCUT2D eigenvalue weighted by molar-refractivity contribution is -0.116. The summed E-state index contributed by atoms with van der Waals surface area (Å²) in [6.45, 7) is 0. The van der Waals surface area contributed by atoms with E-state index in [0.717, 1.165) is 11.3 Å². The number of hydrogen-bond donors (Lipinski definition) is 1. The standard InChI is InChI=1S/C17H15N3O3/c1-23-17(22)18-13-9-7-12(8-10-13)15-11-16(21)20(19-15)14-5-3-2-4-6-14/h2-10H,11H2,1H3,(H,18,22). The van der Waals surface area contributed by atoms with E-state index in [1.807, 2.05) is 42.5 Å². The molecule has 2 amide bonds. The van der Waals surface area contributed by atoms with Crippen molar-refractivity contribution in [3.05, 3.63) is 60.2 Å². The number of hydrogen-bond acceptors (Lipinski definition) is 4. The van der Waals surface area contributed by atoms with Gasteiger partial charge in [0, 0.05) is 5.69 Å². The zero-order valence-corrected chi connectivity index (χ0v) is 12.5. The second kappa shape index (κ2) is 6.31. The van der Waals surface area contributed by atoms with Gasteiger partial charge in [0.15, 0.2) is 0 Å². The van der Waals surface area contributed by atoms with Gasteiger partial charge in [0.1, 0.15) is 0 Å². The number of nitrogens with one attached hydrogen (secondary N) is 1.